The molecule has 1 aromatic carbocycles. The lowest BCUT2D eigenvalue weighted by atomic mass is 9.95. The van der Waals surface area contributed by atoms with Gasteiger partial charge in [0.25, 0.3) is 0 Å². The van der Waals surface area contributed by atoms with Crippen molar-refractivity contribution in [2.24, 2.45) is 11.8 Å². The van der Waals surface area contributed by atoms with E-state index in [-0.39, 0.29) is 23.8 Å². The van der Waals surface area contributed by atoms with E-state index < -0.39 is 6.04 Å². The van der Waals surface area contributed by atoms with Crippen molar-refractivity contribution in [3.63, 3.8) is 0 Å². The van der Waals surface area contributed by atoms with Gasteiger partial charge in [-0.05, 0) is 30.2 Å². The van der Waals surface area contributed by atoms with Crippen LogP contribution >= 0.6 is 0 Å². The Morgan fingerprint density at radius 3 is 2.43 bits per heavy atom. The van der Waals surface area contributed by atoms with Gasteiger partial charge in [-0.2, -0.15) is 0 Å². The predicted molar refractivity (Wildman–Crippen MR) is 80.3 cm³/mol. The summed E-state index contributed by atoms with van der Waals surface area (Å²) in [4.78, 5) is 27.0. The number of hydrogen-bond acceptors (Lipinski definition) is 2. The van der Waals surface area contributed by atoms with Crippen molar-refractivity contribution >= 4 is 11.8 Å². The minimum atomic E-state index is -0.392. The summed E-state index contributed by atoms with van der Waals surface area (Å²) in [5.41, 5.74) is 1.08. The van der Waals surface area contributed by atoms with Gasteiger partial charge in [-0.25, -0.2) is 0 Å². The maximum atomic E-state index is 12.8. The first kappa shape index (κ1) is 14.1. The molecule has 1 N–H and O–H groups in total. The third-order valence-electron chi connectivity index (χ3n) is 4.38. The smallest absolute Gasteiger partial charge is 0.246 e. The molecular formula is C17H22N2O2. The average Bonchev–Trinajstić information content (AvgIpc) is 3.28. The maximum Gasteiger partial charge on any atom is 0.246 e. The number of rotatable bonds is 4. The highest BCUT2D eigenvalue weighted by molar-refractivity contribution is 5.97. The number of nitrogens with zero attached hydrogens (tertiary/aromatic N) is 1. The van der Waals surface area contributed by atoms with Crippen LogP contribution in [0.2, 0.25) is 0 Å². The number of piperazine rings is 1. The zero-order chi connectivity index (χ0) is 15.0. The van der Waals surface area contributed by atoms with Crippen molar-refractivity contribution in [2.75, 3.05) is 0 Å². The maximum absolute atomic E-state index is 12.8. The second-order valence-electron chi connectivity index (χ2n) is 6.46. The van der Waals surface area contributed by atoms with Gasteiger partial charge < -0.3 is 10.2 Å². The molecule has 0 spiro atoms. The minimum absolute atomic E-state index is 0.0201. The molecule has 3 rings (SSSR count). The summed E-state index contributed by atoms with van der Waals surface area (Å²) in [7, 11) is 0. The molecule has 2 aliphatic rings. The van der Waals surface area contributed by atoms with E-state index in [4.69, 9.17) is 0 Å². The molecule has 112 valence electrons. The Morgan fingerprint density at radius 1 is 1.19 bits per heavy atom. The van der Waals surface area contributed by atoms with Crippen LogP contribution in [-0.4, -0.2) is 28.8 Å². The lowest BCUT2D eigenvalue weighted by molar-refractivity contribution is -0.152. The lowest BCUT2D eigenvalue weighted by Crippen LogP contribution is -2.65. The van der Waals surface area contributed by atoms with Gasteiger partial charge in [0.2, 0.25) is 11.8 Å². The Hall–Kier alpha value is -1.84. The number of nitrogens with one attached hydrogen (secondary N) is 1. The van der Waals surface area contributed by atoms with Crippen molar-refractivity contribution in [3.8, 4) is 0 Å². The highest BCUT2D eigenvalue weighted by Crippen LogP contribution is 2.38. The molecule has 4 nitrogen and oxygen atoms in total. The van der Waals surface area contributed by atoms with Crippen molar-refractivity contribution in [1.82, 2.24) is 10.2 Å². The molecule has 2 amide bonds. The van der Waals surface area contributed by atoms with Crippen LogP contribution in [0.15, 0.2) is 30.3 Å². The fraction of sp³-hybridized carbons (Fsp3) is 0.529. The van der Waals surface area contributed by atoms with E-state index in [9.17, 15) is 9.59 Å². The van der Waals surface area contributed by atoms with Crippen molar-refractivity contribution in [2.45, 2.75) is 45.3 Å². The number of carbonyl (C=O) groups excluding carboxylic acids is 2. The van der Waals surface area contributed by atoms with Crippen LogP contribution < -0.4 is 5.32 Å². The summed E-state index contributed by atoms with van der Waals surface area (Å²) in [6.07, 6.45) is 2.09. The van der Waals surface area contributed by atoms with Gasteiger partial charge >= 0.3 is 0 Å². The Balaban J connectivity index is 1.87. The van der Waals surface area contributed by atoms with E-state index in [2.05, 4.69) is 5.32 Å². The normalized spacial score (nSPS) is 26.1. The molecule has 1 aromatic rings. The first-order valence-corrected chi connectivity index (χ1v) is 7.72. The summed E-state index contributed by atoms with van der Waals surface area (Å²) in [5, 5.41) is 2.92. The first-order chi connectivity index (χ1) is 10.1. The van der Waals surface area contributed by atoms with Gasteiger partial charge in [0.1, 0.15) is 12.1 Å². The Labute approximate surface area is 125 Å². The van der Waals surface area contributed by atoms with Crippen LogP contribution in [0, 0.1) is 11.8 Å². The third-order valence-corrected chi connectivity index (χ3v) is 4.38. The van der Waals surface area contributed by atoms with E-state index in [1.165, 1.54) is 0 Å². The summed E-state index contributed by atoms with van der Waals surface area (Å²) in [5.74, 6) is 0.530. The molecule has 4 heteroatoms. The quantitative estimate of drug-likeness (QED) is 0.919. The van der Waals surface area contributed by atoms with Crippen molar-refractivity contribution in [3.05, 3.63) is 35.9 Å². The Bertz CT molecular complexity index is 537. The van der Waals surface area contributed by atoms with Crippen LogP contribution in [0.25, 0.3) is 0 Å². The largest absolute Gasteiger partial charge is 0.342 e. The second-order valence-corrected chi connectivity index (χ2v) is 6.46. The minimum Gasteiger partial charge on any atom is -0.342 e. The summed E-state index contributed by atoms with van der Waals surface area (Å²) in [6, 6.07) is 9.24. The molecule has 0 radical (unpaired) electrons. The van der Waals surface area contributed by atoms with E-state index >= 15 is 0 Å². The topological polar surface area (TPSA) is 49.4 Å². The van der Waals surface area contributed by atoms with Gasteiger partial charge in [-0.1, -0.05) is 44.2 Å². The molecule has 0 aromatic heterocycles. The van der Waals surface area contributed by atoms with Gasteiger partial charge in [0.15, 0.2) is 0 Å². The monoisotopic (exact) mass is 286 g/mol. The number of hydrogen-bond donors (Lipinski definition) is 1. The molecule has 0 bridgehead atoms. The fourth-order valence-electron chi connectivity index (χ4n) is 3.05. The Morgan fingerprint density at radius 2 is 1.86 bits per heavy atom. The molecule has 1 aliphatic carbocycles. The lowest BCUT2D eigenvalue weighted by Gasteiger charge is -2.40. The molecule has 21 heavy (non-hydrogen) atoms. The zero-order valence-corrected chi connectivity index (χ0v) is 12.6. The molecule has 2 atom stereocenters. The zero-order valence-electron chi connectivity index (χ0n) is 12.6. The molecule has 2 unspecified atom stereocenters. The van der Waals surface area contributed by atoms with Crippen LogP contribution in [0.1, 0.15) is 32.3 Å². The van der Waals surface area contributed by atoms with E-state index in [1.807, 2.05) is 44.2 Å². The van der Waals surface area contributed by atoms with Crippen LogP contribution in [-0.2, 0) is 16.1 Å². The Kier molecular flexibility index (Phi) is 3.70. The van der Waals surface area contributed by atoms with Crippen molar-refractivity contribution in [1.29, 1.82) is 0 Å². The van der Waals surface area contributed by atoms with Crippen molar-refractivity contribution < 1.29 is 9.59 Å². The molecule has 1 saturated heterocycles. The standard InChI is InChI=1S/C17H22N2O2/c1-11(2)14-17(21)19(10-12-6-4-3-5-7-12)15(13-8-9-13)16(20)18-14/h3-7,11,13-15H,8-10H2,1-2H3,(H,18,20). The van der Waals surface area contributed by atoms with Gasteiger partial charge in [0.05, 0.1) is 0 Å². The van der Waals surface area contributed by atoms with Gasteiger partial charge in [-0.3, -0.25) is 9.59 Å². The van der Waals surface area contributed by atoms with Gasteiger partial charge in [0, 0.05) is 6.54 Å². The summed E-state index contributed by atoms with van der Waals surface area (Å²) >= 11 is 0. The van der Waals surface area contributed by atoms with E-state index in [1.54, 1.807) is 4.90 Å². The second kappa shape index (κ2) is 5.51. The van der Waals surface area contributed by atoms with Gasteiger partial charge in [-0.15, -0.1) is 0 Å². The highest BCUT2D eigenvalue weighted by atomic mass is 16.2. The average molecular weight is 286 g/mol. The van der Waals surface area contributed by atoms with Crippen LogP contribution in [0.3, 0.4) is 0 Å². The van der Waals surface area contributed by atoms with E-state index in [0.717, 1.165) is 18.4 Å². The molecule has 1 heterocycles. The molecule has 1 saturated carbocycles. The van der Waals surface area contributed by atoms with Crippen LogP contribution in [0.4, 0.5) is 0 Å². The van der Waals surface area contributed by atoms with Crippen LogP contribution in [0.5, 0.6) is 0 Å². The number of benzene rings is 1. The molecule has 2 fully saturated rings. The SMILES string of the molecule is CC(C)C1NC(=O)C(C2CC2)N(Cc2ccccc2)C1=O. The predicted octanol–water partition coefficient (Wildman–Crippen LogP) is 1.95. The number of carbonyl (C=O) groups is 2. The fourth-order valence-corrected chi connectivity index (χ4v) is 3.05. The molecular weight excluding hydrogens is 264 g/mol. The first-order valence-electron chi connectivity index (χ1n) is 7.72. The summed E-state index contributed by atoms with van der Waals surface area (Å²) in [6.45, 7) is 4.47. The van der Waals surface area contributed by atoms with E-state index in [0.29, 0.717) is 12.5 Å². The summed E-state index contributed by atoms with van der Waals surface area (Å²) < 4.78 is 0. The third kappa shape index (κ3) is 2.80. The highest BCUT2D eigenvalue weighted by Gasteiger charge is 2.48. The molecule has 1 aliphatic heterocycles. The number of amides is 2.